The van der Waals surface area contributed by atoms with Crippen LogP contribution in [-0.2, 0) is 0 Å². The molecule has 2 aromatic rings. The highest BCUT2D eigenvalue weighted by atomic mass is 35.5. The minimum Gasteiger partial charge on any atom is -0.382 e. The molecule has 3 nitrogen and oxygen atoms in total. The number of benzene rings is 1. The van der Waals surface area contributed by atoms with Crippen molar-refractivity contribution in [3.63, 3.8) is 0 Å². The van der Waals surface area contributed by atoms with Crippen LogP contribution >= 0.6 is 23.2 Å². The minimum atomic E-state index is 0.305. The molecule has 0 amide bonds. The maximum absolute atomic E-state index is 5.88. The maximum atomic E-state index is 5.88. The average molecular weight is 240 g/mol. The Balaban J connectivity index is 2.58. The van der Waals surface area contributed by atoms with E-state index in [1.807, 2.05) is 12.1 Å². The standard InChI is InChI=1S/C10H7Cl2N3/c11-7-3-1-2-6(4-7)8-5-9(12)14-15-10(8)13/h1-5H,(H2,13,15). The van der Waals surface area contributed by atoms with Crippen molar-refractivity contribution in [2.45, 2.75) is 0 Å². The molecule has 0 aliphatic rings. The molecule has 0 fully saturated rings. The van der Waals surface area contributed by atoms with Crippen LogP contribution in [0.4, 0.5) is 5.82 Å². The molecule has 1 heterocycles. The largest absolute Gasteiger partial charge is 0.382 e. The highest BCUT2D eigenvalue weighted by molar-refractivity contribution is 6.31. The van der Waals surface area contributed by atoms with E-state index in [1.54, 1.807) is 18.2 Å². The van der Waals surface area contributed by atoms with Gasteiger partial charge in [0.1, 0.15) is 0 Å². The number of hydrogen-bond donors (Lipinski definition) is 1. The molecule has 1 aromatic heterocycles. The van der Waals surface area contributed by atoms with Crippen molar-refractivity contribution in [3.8, 4) is 11.1 Å². The molecule has 2 rings (SSSR count). The van der Waals surface area contributed by atoms with Gasteiger partial charge in [-0.15, -0.1) is 10.2 Å². The normalized spacial score (nSPS) is 10.3. The molecule has 0 saturated heterocycles. The number of aromatic nitrogens is 2. The van der Waals surface area contributed by atoms with Crippen LogP contribution in [0, 0.1) is 0 Å². The van der Waals surface area contributed by atoms with E-state index in [-0.39, 0.29) is 0 Å². The lowest BCUT2D eigenvalue weighted by atomic mass is 10.1. The zero-order valence-electron chi connectivity index (χ0n) is 7.61. The van der Waals surface area contributed by atoms with E-state index in [2.05, 4.69) is 10.2 Å². The zero-order chi connectivity index (χ0) is 10.8. The molecule has 0 saturated carbocycles. The molecular weight excluding hydrogens is 233 g/mol. The lowest BCUT2D eigenvalue weighted by molar-refractivity contribution is 1.04. The number of anilines is 1. The number of nitrogen functional groups attached to an aromatic ring is 1. The fourth-order valence-electron chi connectivity index (χ4n) is 1.26. The molecule has 0 spiro atoms. The zero-order valence-corrected chi connectivity index (χ0v) is 9.13. The third-order valence-electron chi connectivity index (χ3n) is 1.93. The van der Waals surface area contributed by atoms with Crippen LogP contribution in [0.1, 0.15) is 0 Å². The van der Waals surface area contributed by atoms with Gasteiger partial charge in [-0.25, -0.2) is 0 Å². The van der Waals surface area contributed by atoms with Gasteiger partial charge in [-0.2, -0.15) is 0 Å². The van der Waals surface area contributed by atoms with Crippen molar-refractivity contribution < 1.29 is 0 Å². The van der Waals surface area contributed by atoms with Crippen molar-refractivity contribution in [1.82, 2.24) is 10.2 Å². The Morgan fingerprint density at radius 3 is 2.60 bits per heavy atom. The highest BCUT2D eigenvalue weighted by Crippen LogP contribution is 2.27. The van der Waals surface area contributed by atoms with Gasteiger partial charge in [-0.3, -0.25) is 0 Å². The molecule has 0 aliphatic carbocycles. The van der Waals surface area contributed by atoms with Crippen molar-refractivity contribution in [3.05, 3.63) is 40.5 Å². The summed E-state index contributed by atoms with van der Waals surface area (Å²) in [5, 5.41) is 8.33. The van der Waals surface area contributed by atoms with Gasteiger partial charge >= 0.3 is 0 Å². The number of nitrogens with two attached hydrogens (primary N) is 1. The Labute approximate surface area is 96.8 Å². The predicted octanol–water partition coefficient (Wildman–Crippen LogP) is 3.03. The summed E-state index contributed by atoms with van der Waals surface area (Å²) < 4.78 is 0. The van der Waals surface area contributed by atoms with Crippen molar-refractivity contribution in [2.75, 3.05) is 5.73 Å². The Kier molecular flexibility index (Phi) is 2.75. The van der Waals surface area contributed by atoms with Gasteiger partial charge in [-0.05, 0) is 23.8 Å². The average Bonchev–Trinajstić information content (AvgIpc) is 2.22. The fraction of sp³-hybridized carbons (Fsp3) is 0. The van der Waals surface area contributed by atoms with E-state index in [0.717, 1.165) is 11.1 Å². The molecule has 0 aliphatic heterocycles. The second kappa shape index (κ2) is 4.04. The first-order chi connectivity index (χ1) is 7.16. The van der Waals surface area contributed by atoms with Gasteiger partial charge in [0.05, 0.1) is 0 Å². The molecule has 5 heteroatoms. The van der Waals surface area contributed by atoms with Gasteiger partial charge in [0.15, 0.2) is 11.0 Å². The van der Waals surface area contributed by atoms with Crippen LogP contribution in [0.15, 0.2) is 30.3 Å². The Hall–Kier alpha value is -1.32. The van der Waals surface area contributed by atoms with Crippen molar-refractivity contribution in [2.24, 2.45) is 0 Å². The Morgan fingerprint density at radius 1 is 1.07 bits per heavy atom. The molecule has 76 valence electrons. The summed E-state index contributed by atoms with van der Waals surface area (Å²) in [5.41, 5.74) is 7.30. The number of nitrogens with zero attached hydrogens (tertiary/aromatic N) is 2. The van der Waals surface area contributed by atoms with Crippen molar-refractivity contribution >= 4 is 29.0 Å². The summed E-state index contributed by atoms with van der Waals surface area (Å²) >= 11 is 11.6. The van der Waals surface area contributed by atoms with Crippen LogP contribution in [-0.4, -0.2) is 10.2 Å². The first-order valence-corrected chi connectivity index (χ1v) is 4.97. The first kappa shape index (κ1) is 10.2. The van der Waals surface area contributed by atoms with Crippen LogP contribution < -0.4 is 5.73 Å². The van der Waals surface area contributed by atoms with E-state index in [0.29, 0.717) is 16.0 Å². The quantitative estimate of drug-likeness (QED) is 0.833. The lowest BCUT2D eigenvalue weighted by Crippen LogP contribution is -1.96. The van der Waals surface area contributed by atoms with Crippen LogP contribution in [0.3, 0.4) is 0 Å². The Morgan fingerprint density at radius 2 is 1.87 bits per heavy atom. The van der Waals surface area contributed by atoms with E-state index in [4.69, 9.17) is 28.9 Å². The fourth-order valence-corrected chi connectivity index (χ4v) is 1.60. The summed E-state index contributed by atoms with van der Waals surface area (Å²) in [5.74, 6) is 0.335. The third kappa shape index (κ3) is 2.19. The van der Waals surface area contributed by atoms with Gasteiger partial charge in [0, 0.05) is 10.6 Å². The molecule has 0 bridgehead atoms. The number of hydrogen-bond acceptors (Lipinski definition) is 3. The molecule has 0 radical (unpaired) electrons. The van der Waals surface area contributed by atoms with Gasteiger partial charge in [-0.1, -0.05) is 35.3 Å². The summed E-state index contributed by atoms with van der Waals surface area (Å²) in [7, 11) is 0. The first-order valence-electron chi connectivity index (χ1n) is 4.21. The molecule has 0 unspecified atom stereocenters. The highest BCUT2D eigenvalue weighted by Gasteiger charge is 2.05. The van der Waals surface area contributed by atoms with Crippen LogP contribution in [0.25, 0.3) is 11.1 Å². The van der Waals surface area contributed by atoms with Crippen molar-refractivity contribution in [1.29, 1.82) is 0 Å². The minimum absolute atomic E-state index is 0.305. The predicted molar refractivity (Wildman–Crippen MR) is 61.9 cm³/mol. The molecule has 15 heavy (non-hydrogen) atoms. The van der Waals surface area contributed by atoms with Crippen LogP contribution in [0.2, 0.25) is 10.2 Å². The number of rotatable bonds is 1. The smallest absolute Gasteiger partial charge is 0.154 e. The maximum Gasteiger partial charge on any atom is 0.154 e. The summed E-state index contributed by atoms with van der Waals surface area (Å²) in [6.07, 6.45) is 0. The van der Waals surface area contributed by atoms with Crippen LogP contribution in [0.5, 0.6) is 0 Å². The second-order valence-electron chi connectivity index (χ2n) is 2.98. The molecule has 2 N–H and O–H groups in total. The molecular formula is C10H7Cl2N3. The van der Waals surface area contributed by atoms with Gasteiger partial charge in [0.2, 0.25) is 0 Å². The lowest BCUT2D eigenvalue weighted by Gasteiger charge is -2.04. The van der Waals surface area contributed by atoms with E-state index < -0.39 is 0 Å². The van der Waals surface area contributed by atoms with E-state index in [9.17, 15) is 0 Å². The molecule has 0 atom stereocenters. The summed E-state index contributed by atoms with van der Waals surface area (Å²) in [6.45, 7) is 0. The number of halogens is 2. The van der Waals surface area contributed by atoms with E-state index >= 15 is 0 Å². The van der Waals surface area contributed by atoms with E-state index in [1.165, 1.54) is 0 Å². The second-order valence-corrected chi connectivity index (χ2v) is 3.80. The third-order valence-corrected chi connectivity index (χ3v) is 2.35. The Bertz CT molecular complexity index is 500. The monoisotopic (exact) mass is 239 g/mol. The van der Waals surface area contributed by atoms with Gasteiger partial charge in [0.25, 0.3) is 0 Å². The molecule has 1 aromatic carbocycles. The SMILES string of the molecule is Nc1nnc(Cl)cc1-c1cccc(Cl)c1. The summed E-state index contributed by atoms with van der Waals surface area (Å²) in [6, 6.07) is 8.97. The van der Waals surface area contributed by atoms with Gasteiger partial charge < -0.3 is 5.73 Å². The topological polar surface area (TPSA) is 51.8 Å². The summed E-state index contributed by atoms with van der Waals surface area (Å²) in [4.78, 5) is 0.